The van der Waals surface area contributed by atoms with Gasteiger partial charge in [0.25, 0.3) is 0 Å². The van der Waals surface area contributed by atoms with Crippen LogP contribution < -0.4 is 0 Å². The molecule has 1 aromatic rings. The van der Waals surface area contributed by atoms with Crippen molar-refractivity contribution < 1.29 is 14.6 Å². The lowest BCUT2D eigenvalue weighted by molar-refractivity contribution is -0.174. The number of esters is 1. The fourth-order valence-electron chi connectivity index (χ4n) is 4.52. The standard InChI is InChI=1S/C19H27NO3/c1-4-23-17(21)18-11-10-16(14(2)3)20(18)19(22,13-12-18)15-8-6-5-7-9-15/h5-9,14,16,22H,4,10-13H2,1-3H3/t16-,18+,19-/m0/s1. The maximum atomic E-state index is 12.8. The molecule has 4 heteroatoms. The molecule has 23 heavy (non-hydrogen) atoms. The molecule has 0 aliphatic carbocycles. The van der Waals surface area contributed by atoms with E-state index in [9.17, 15) is 9.90 Å². The largest absolute Gasteiger partial charge is 0.465 e. The predicted octanol–water partition coefficient (Wildman–Crippen LogP) is 3.05. The van der Waals surface area contributed by atoms with E-state index in [0.29, 0.717) is 25.4 Å². The van der Waals surface area contributed by atoms with Gasteiger partial charge in [-0.3, -0.25) is 9.69 Å². The molecule has 0 bridgehead atoms. The van der Waals surface area contributed by atoms with Crippen molar-refractivity contribution in [3.05, 3.63) is 35.9 Å². The van der Waals surface area contributed by atoms with Crippen molar-refractivity contribution in [1.29, 1.82) is 0 Å². The molecule has 126 valence electrons. The van der Waals surface area contributed by atoms with Gasteiger partial charge in [0.05, 0.1) is 6.61 Å². The van der Waals surface area contributed by atoms with Crippen molar-refractivity contribution in [2.45, 2.75) is 63.8 Å². The average Bonchev–Trinajstić information content (AvgIpc) is 3.07. The van der Waals surface area contributed by atoms with Crippen molar-refractivity contribution in [2.75, 3.05) is 6.61 Å². The summed E-state index contributed by atoms with van der Waals surface area (Å²) in [5, 5.41) is 11.6. The van der Waals surface area contributed by atoms with Crippen molar-refractivity contribution in [1.82, 2.24) is 4.90 Å². The minimum absolute atomic E-state index is 0.171. The van der Waals surface area contributed by atoms with Gasteiger partial charge < -0.3 is 9.84 Å². The molecule has 0 amide bonds. The second-order valence-electron chi connectivity index (χ2n) is 7.15. The first-order valence-electron chi connectivity index (χ1n) is 8.70. The fraction of sp³-hybridized carbons (Fsp3) is 0.632. The van der Waals surface area contributed by atoms with Crippen LogP contribution in [0.4, 0.5) is 0 Å². The molecular weight excluding hydrogens is 290 g/mol. The Morgan fingerprint density at radius 1 is 1.30 bits per heavy atom. The summed E-state index contributed by atoms with van der Waals surface area (Å²) < 4.78 is 5.40. The molecule has 0 spiro atoms. The van der Waals surface area contributed by atoms with E-state index in [1.165, 1.54) is 0 Å². The minimum Gasteiger partial charge on any atom is -0.465 e. The number of rotatable bonds is 4. The van der Waals surface area contributed by atoms with E-state index in [2.05, 4.69) is 18.7 Å². The van der Waals surface area contributed by atoms with E-state index < -0.39 is 11.3 Å². The van der Waals surface area contributed by atoms with Crippen molar-refractivity contribution >= 4 is 5.97 Å². The highest BCUT2D eigenvalue weighted by Gasteiger charge is 2.65. The first-order valence-corrected chi connectivity index (χ1v) is 8.70. The molecule has 0 aromatic heterocycles. The van der Waals surface area contributed by atoms with Crippen molar-refractivity contribution in [2.24, 2.45) is 5.92 Å². The fourth-order valence-corrected chi connectivity index (χ4v) is 4.52. The topological polar surface area (TPSA) is 49.8 Å². The van der Waals surface area contributed by atoms with Gasteiger partial charge in [-0.2, -0.15) is 0 Å². The Labute approximate surface area is 138 Å². The zero-order valence-corrected chi connectivity index (χ0v) is 14.3. The van der Waals surface area contributed by atoms with E-state index in [-0.39, 0.29) is 12.0 Å². The molecule has 2 fully saturated rings. The molecule has 2 heterocycles. The summed E-state index contributed by atoms with van der Waals surface area (Å²) in [5.41, 5.74) is -0.881. The molecule has 3 rings (SSSR count). The Balaban J connectivity index is 2.06. The van der Waals surface area contributed by atoms with Crippen molar-refractivity contribution in [3.63, 3.8) is 0 Å². The summed E-state index contributed by atoms with van der Waals surface area (Å²) in [6.07, 6.45) is 2.91. The van der Waals surface area contributed by atoms with Crippen LogP contribution in [0.1, 0.15) is 52.0 Å². The smallest absolute Gasteiger partial charge is 0.326 e. The van der Waals surface area contributed by atoms with Gasteiger partial charge in [0.2, 0.25) is 0 Å². The molecule has 2 aliphatic heterocycles. The lowest BCUT2D eigenvalue weighted by Gasteiger charge is -2.43. The predicted molar refractivity (Wildman–Crippen MR) is 88.6 cm³/mol. The highest BCUT2D eigenvalue weighted by atomic mass is 16.5. The van der Waals surface area contributed by atoms with Crippen LogP contribution in [0.2, 0.25) is 0 Å². The molecule has 4 nitrogen and oxygen atoms in total. The van der Waals surface area contributed by atoms with E-state index in [1.807, 2.05) is 37.3 Å². The third-order valence-corrected chi connectivity index (χ3v) is 5.59. The number of carbonyl (C=O) groups excluding carboxylic acids is 1. The number of hydrogen-bond donors (Lipinski definition) is 1. The number of nitrogens with zero attached hydrogens (tertiary/aromatic N) is 1. The Morgan fingerprint density at radius 2 is 2.00 bits per heavy atom. The molecule has 1 N–H and O–H groups in total. The minimum atomic E-state index is -1.08. The van der Waals surface area contributed by atoms with E-state index in [4.69, 9.17) is 4.74 Å². The van der Waals surface area contributed by atoms with E-state index in [1.54, 1.807) is 0 Å². The first-order chi connectivity index (χ1) is 11.0. The van der Waals surface area contributed by atoms with E-state index in [0.717, 1.165) is 18.4 Å². The van der Waals surface area contributed by atoms with Gasteiger partial charge in [-0.1, -0.05) is 44.2 Å². The maximum absolute atomic E-state index is 12.8. The lowest BCUT2D eigenvalue weighted by Crippen LogP contribution is -2.57. The summed E-state index contributed by atoms with van der Waals surface area (Å²) in [4.78, 5) is 14.8. The highest BCUT2D eigenvalue weighted by Crippen LogP contribution is 2.55. The number of benzene rings is 1. The molecule has 0 saturated carbocycles. The SMILES string of the molecule is CCOC(=O)[C@]12CC[C@@H](C(C)C)N1[C@@](O)(c1ccccc1)CC2. The van der Waals surface area contributed by atoms with Gasteiger partial charge in [-0.05, 0) is 44.1 Å². The summed E-state index contributed by atoms with van der Waals surface area (Å²) in [5.74, 6) is 0.203. The number of fused-ring (bicyclic) bond motifs is 1. The first kappa shape index (κ1) is 16.5. The third kappa shape index (κ3) is 2.39. The van der Waals surface area contributed by atoms with Crippen LogP contribution in [0.5, 0.6) is 0 Å². The molecule has 2 aliphatic rings. The molecule has 0 radical (unpaired) electrons. The normalized spacial score (nSPS) is 33.9. The van der Waals surface area contributed by atoms with Gasteiger partial charge >= 0.3 is 5.97 Å². The third-order valence-electron chi connectivity index (χ3n) is 5.59. The van der Waals surface area contributed by atoms with Crippen LogP contribution in [0.25, 0.3) is 0 Å². The zero-order valence-electron chi connectivity index (χ0n) is 14.3. The Hall–Kier alpha value is -1.39. The zero-order chi connectivity index (χ0) is 16.7. The van der Waals surface area contributed by atoms with Gasteiger partial charge in [0.15, 0.2) is 0 Å². The van der Waals surface area contributed by atoms with E-state index >= 15 is 0 Å². The van der Waals surface area contributed by atoms with Crippen LogP contribution in [-0.2, 0) is 15.3 Å². The van der Waals surface area contributed by atoms with Crippen LogP contribution >= 0.6 is 0 Å². The second kappa shape index (κ2) is 5.91. The summed E-state index contributed by atoms with van der Waals surface area (Å²) in [7, 11) is 0. The van der Waals surface area contributed by atoms with Crippen molar-refractivity contribution in [3.8, 4) is 0 Å². The Kier molecular flexibility index (Phi) is 4.23. The van der Waals surface area contributed by atoms with Crippen LogP contribution in [0.15, 0.2) is 30.3 Å². The summed E-state index contributed by atoms with van der Waals surface area (Å²) in [6, 6.07) is 9.93. The quantitative estimate of drug-likeness (QED) is 0.867. The number of carbonyl (C=O) groups is 1. The molecule has 2 saturated heterocycles. The molecule has 3 atom stereocenters. The number of ether oxygens (including phenoxy) is 1. The van der Waals surface area contributed by atoms with Crippen LogP contribution in [-0.4, -0.2) is 34.2 Å². The monoisotopic (exact) mass is 317 g/mol. The molecule has 0 unspecified atom stereocenters. The molecule has 1 aromatic carbocycles. The maximum Gasteiger partial charge on any atom is 0.326 e. The Morgan fingerprint density at radius 3 is 2.61 bits per heavy atom. The molecular formula is C19H27NO3. The van der Waals surface area contributed by atoms with Gasteiger partial charge in [-0.25, -0.2) is 0 Å². The number of aliphatic hydroxyl groups is 1. The summed E-state index contributed by atoms with van der Waals surface area (Å²) in [6.45, 7) is 6.54. The van der Waals surface area contributed by atoms with Gasteiger partial charge in [0, 0.05) is 6.04 Å². The number of hydrogen-bond acceptors (Lipinski definition) is 4. The Bertz CT molecular complexity index is 573. The van der Waals surface area contributed by atoms with Crippen LogP contribution in [0.3, 0.4) is 0 Å². The highest BCUT2D eigenvalue weighted by molar-refractivity contribution is 5.82. The second-order valence-corrected chi connectivity index (χ2v) is 7.15. The van der Waals surface area contributed by atoms with Crippen LogP contribution in [0, 0.1) is 5.92 Å². The summed E-state index contributed by atoms with van der Waals surface area (Å²) >= 11 is 0. The van der Waals surface area contributed by atoms with Gasteiger partial charge in [-0.15, -0.1) is 0 Å². The average molecular weight is 317 g/mol. The lowest BCUT2D eigenvalue weighted by atomic mass is 9.92. The van der Waals surface area contributed by atoms with Gasteiger partial charge in [0.1, 0.15) is 11.3 Å².